The lowest BCUT2D eigenvalue weighted by Gasteiger charge is -2.17. The van der Waals surface area contributed by atoms with Gasteiger partial charge in [-0.05, 0) is 24.8 Å². The third-order valence-electron chi connectivity index (χ3n) is 2.98. The number of hydrogen-bond acceptors (Lipinski definition) is 5. The Morgan fingerprint density at radius 2 is 2.19 bits per heavy atom. The zero-order chi connectivity index (χ0) is 15.8. The maximum Gasteiger partial charge on any atom is 0.293 e. The molecule has 0 aliphatic carbocycles. The third-order valence-corrected chi connectivity index (χ3v) is 3.58. The fourth-order valence-corrected chi connectivity index (χ4v) is 2.23. The SMILES string of the molecule is CCCNc1ccc(C(=O)N(C)CCSC)cc1[N+](=O)[O-]. The van der Waals surface area contributed by atoms with Gasteiger partial charge in [0.1, 0.15) is 5.69 Å². The Morgan fingerprint density at radius 1 is 1.48 bits per heavy atom. The van der Waals surface area contributed by atoms with Crippen LogP contribution in [0.25, 0.3) is 0 Å². The summed E-state index contributed by atoms with van der Waals surface area (Å²) in [7, 11) is 1.70. The largest absolute Gasteiger partial charge is 0.380 e. The number of nitro benzene ring substituents is 1. The van der Waals surface area contributed by atoms with E-state index in [1.807, 2.05) is 13.2 Å². The van der Waals surface area contributed by atoms with Crippen LogP contribution in [0.15, 0.2) is 18.2 Å². The molecule has 0 aliphatic rings. The average Bonchev–Trinajstić information content (AvgIpc) is 2.49. The van der Waals surface area contributed by atoms with E-state index in [9.17, 15) is 14.9 Å². The van der Waals surface area contributed by atoms with E-state index in [2.05, 4.69) is 5.32 Å². The van der Waals surface area contributed by atoms with Crippen molar-refractivity contribution in [3.8, 4) is 0 Å². The Balaban J connectivity index is 2.96. The fraction of sp³-hybridized carbons (Fsp3) is 0.500. The van der Waals surface area contributed by atoms with Gasteiger partial charge in [-0.2, -0.15) is 11.8 Å². The summed E-state index contributed by atoms with van der Waals surface area (Å²) in [6, 6.07) is 4.57. The summed E-state index contributed by atoms with van der Waals surface area (Å²) in [5.41, 5.74) is 0.727. The number of anilines is 1. The molecule has 1 N–H and O–H groups in total. The summed E-state index contributed by atoms with van der Waals surface area (Å²) in [6.45, 7) is 3.25. The molecule has 0 heterocycles. The van der Waals surface area contributed by atoms with Crippen LogP contribution in [0.2, 0.25) is 0 Å². The number of carbonyl (C=O) groups is 1. The van der Waals surface area contributed by atoms with Gasteiger partial charge in [0.05, 0.1) is 4.92 Å². The first kappa shape index (κ1) is 17.3. The first-order valence-corrected chi connectivity index (χ1v) is 8.17. The topological polar surface area (TPSA) is 75.5 Å². The van der Waals surface area contributed by atoms with E-state index in [0.717, 1.165) is 12.2 Å². The molecule has 0 saturated carbocycles. The zero-order valence-electron chi connectivity index (χ0n) is 12.6. The van der Waals surface area contributed by atoms with Crippen LogP contribution in [-0.2, 0) is 0 Å². The van der Waals surface area contributed by atoms with Gasteiger partial charge in [-0.15, -0.1) is 0 Å². The molecule has 7 heteroatoms. The molecule has 1 aromatic carbocycles. The molecular weight excluding hydrogens is 290 g/mol. The van der Waals surface area contributed by atoms with Crippen LogP contribution in [0.3, 0.4) is 0 Å². The Kier molecular flexibility index (Phi) is 7.01. The first-order chi connectivity index (χ1) is 10.0. The second-order valence-corrected chi connectivity index (χ2v) is 5.62. The normalized spacial score (nSPS) is 10.2. The lowest BCUT2D eigenvalue weighted by Crippen LogP contribution is -2.28. The molecule has 0 spiro atoms. The smallest absolute Gasteiger partial charge is 0.293 e. The van der Waals surface area contributed by atoms with E-state index in [-0.39, 0.29) is 11.6 Å². The van der Waals surface area contributed by atoms with E-state index in [1.54, 1.807) is 35.8 Å². The number of amides is 1. The van der Waals surface area contributed by atoms with E-state index < -0.39 is 4.92 Å². The van der Waals surface area contributed by atoms with Crippen LogP contribution in [0.1, 0.15) is 23.7 Å². The van der Waals surface area contributed by atoms with E-state index in [1.165, 1.54) is 6.07 Å². The highest BCUT2D eigenvalue weighted by atomic mass is 32.2. The molecule has 116 valence electrons. The number of nitrogens with one attached hydrogen (secondary N) is 1. The molecule has 0 atom stereocenters. The molecular formula is C14H21N3O3S. The molecule has 6 nitrogen and oxygen atoms in total. The minimum atomic E-state index is -0.462. The number of nitrogens with zero attached hydrogens (tertiary/aromatic N) is 2. The molecule has 0 saturated heterocycles. The second kappa shape index (κ2) is 8.51. The van der Waals surface area contributed by atoms with E-state index in [4.69, 9.17) is 0 Å². The standard InChI is InChI=1S/C14H21N3O3S/c1-4-7-15-12-6-5-11(10-13(12)17(19)20)14(18)16(2)8-9-21-3/h5-6,10,15H,4,7-9H2,1-3H3. The summed E-state index contributed by atoms with van der Waals surface area (Å²) < 4.78 is 0. The van der Waals surface area contributed by atoms with Crippen molar-refractivity contribution < 1.29 is 9.72 Å². The van der Waals surface area contributed by atoms with Crippen LogP contribution in [0.5, 0.6) is 0 Å². The molecule has 1 rings (SSSR count). The van der Waals surface area contributed by atoms with Crippen LogP contribution >= 0.6 is 11.8 Å². The molecule has 0 bridgehead atoms. The lowest BCUT2D eigenvalue weighted by atomic mass is 10.1. The van der Waals surface area contributed by atoms with Crippen molar-refractivity contribution in [2.24, 2.45) is 0 Å². The summed E-state index contributed by atoms with van der Waals surface area (Å²) in [5.74, 6) is 0.634. The van der Waals surface area contributed by atoms with Crippen LogP contribution in [-0.4, -0.2) is 47.9 Å². The summed E-state index contributed by atoms with van der Waals surface area (Å²) in [6.07, 6.45) is 2.84. The predicted molar refractivity (Wildman–Crippen MR) is 87.2 cm³/mol. The summed E-state index contributed by atoms with van der Waals surface area (Å²) in [5, 5.41) is 14.1. The average molecular weight is 311 g/mol. The molecule has 0 aromatic heterocycles. The summed E-state index contributed by atoms with van der Waals surface area (Å²) >= 11 is 1.65. The molecule has 0 unspecified atom stereocenters. The molecule has 0 fully saturated rings. The summed E-state index contributed by atoms with van der Waals surface area (Å²) in [4.78, 5) is 24.5. The van der Waals surface area contributed by atoms with Gasteiger partial charge in [0.2, 0.25) is 0 Å². The van der Waals surface area contributed by atoms with Crippen molar-refractivity contribution in [2.75, 3.05) is 37.5 Å². The Hall–Kier alpha value is -1.76. The highest BCUT2D eigenvalue weighted by Crippen LogP contribution is 2.26. The second-order valence-electron chi connectivity index (χ2n) is 4.64. The van der Waals surface area contributed by atoms with Gasteiger partial charge in [0.15, 0.2) is 0 Å². The fourth-order valence-electron chi connectivity index (χ4n) is 1.78. The third kappa shape index (κ3) is 4.93. The van der Waals surface area contributed by atoms with Crippen LogP contribution < -0.4 is 5.32 Å². The van der Waals surface area contributed by atoms with Gasteiger partial charge in [0, 0.05) is 37.5 Å². The van der Waals surface area contributed by atoms with Crippen molar-refractivity contribution in [2.45, 2.75) is 13.3 Å². The predicted octanol–water partition coefficient (Wildman–Crippen LogP) is 2.85. The molecule has 0 radical (unpaired) electrons. The maximum atomic E-state index is 12.2. The van der Waals surface area contributed by atoms with Gasteiger partial charge >= 0.3 is 0 Å². The van der Waals surface area contributed by atoms with Crippen molar-refractivity contribution in [3.05, 3.63) is 33.9 Å². The number of hydrogen-bond donors (Lipinski definition) is 1. The Labute approximate surface area is 129 Å². The highest BCUT2D eigenvalue weighted by Gasteiger charge is 2.19. The lowest BCUT2D eigenvalue weighted by molar-refractivity contribution is -0.384. The zero-order valence-corrected chi connectivity index (χ0v) is 13.4. The molecule has 1 amide bonds. The number of nitro groups is 1. The van der Waals surface area contributed by atoms with Crippen molar-refractivity contribution in [1.82, 2.24) is 4.90 Å². The number of carbonyl (C=O) groups excluding carboxylic acids is 1. The van der Waals surface area contributed by atoms with Crippen molar-refractivity contribution >= 4 is 29.0 Å². The minimum Gasteiger partial charge on any atom is -0.380 e. The van der Waals surface area contributed by atoms with Gasteiger partial charge < -0.3 is 10.2 Å². The van der Waals surface area contributed by atoms with Crippen molar-refractivity contribution in [3.63, 3.8) is 0 Å². The molecule has 0 aliphatic heterocycles. The van der Waals surface area contributed by atoms with Crippen molar-refractivity contribution in [1.29, 1.82) is 0 Å². The molecule has 21 heavy (non-hydrogen) atoms. The minimum absolute atomic E-state index is 0.0624. The highest BCUT2D eigenvalue weighted by molar-refractivity contribution is 7.98. The maximum absolute atomic E-state index is 12.2. The van der Waals surface area contributed by atoms with Gasteiger partial charge in [-0.3, -0.25) is 14.9 Å². The molecule has 1 aromatic rings. The number of rotatable bonds is 8. The Morgan fingerprint density at radius 3 is 2.76 bits per heavy atom. The Bertz CT molecular complexity index is 508. The number of thioether (sulfide) groups is 1. The first-order valence-electron chi connectivity index (χ1n) is 6.78. The van der Waals surface area contributed by atoms with Crippen LogP contribution in [0.4, 0.5) is 11.4 Å². The van der Waals surface area contributed by atoms with Gasteiger partial charge in [0.25, 0.3) is 11.6 Å². The van der Waals surface area contributed by atoms with E-state index in [0.29, 0.717) is 24.3 Å². The van der Waals surface area contributed by atoms with Crippen LogP contribution in [0, 0.1) is 10.1 Å². The van der Waals surface area contributed by atoms with E-state index >= 15 is 0 Å². The quantitative estimate of drug-likeness (QED) is 0.590. The monoisotopic (exact) mass is 311 g/mol. The number of benzene rings is 1. The van der Waals surface area contributed by atoms with Gasteiger partial charge in [-0.25, -0.2) is 0 Å². The van der Waals surface area contributed by atoms with Gasteiger partial charge in [-0.1, -0.05) is 6.92 Å².